The minimum atomic E-state index is 0.520. The summed E-state index contributed by atoms with van der Waals surface area (Å²) in [5.74, 6) is 1.70. The molecule has 2 rings (SSSR count). The molecule has 1 fully saturated rings. The zero-order valence-corrected chi connectivity index (χ0v) is 14.0. The number of rotatable bonds is 3. The van der Waals surface area contributed by atoms with Crippen LogP contribution in [0.1, 0.15) is 46.0 Å². The zero-order chi connectivity index (χ0) is 13.8. The van der Waals surface area contributed by atoms with Gasteiger partial charge in [-0.1, -0.05) is 38.3 Å². The first-order valence-electron chi connectivity index (χ1n) is 7.14. The van der Waals surface area contributed by atoms with Crippen molar-refractivity contribution in [1.29, 1.82) is 0 Å². The standard InChI is InChI=1S/C15H22BrClN2/c1-10(2)11-4-3-5-12(7-6-11)19-13-8-14(16)15(17)18-9-13/h8-12,19H,3-7H2,1-2H3. The van der Waals surface area contributed by atoms with Crippen molar-refractivity contribution < 1.29 is 0 Å². The van der Waals surface area contributed by atoms with Crippen molar-refractivity contribution in [2.75, 3.05) is 5.32 Å². The van der Waals surface area contributed by atoms with Crippen LogP contribution in [0.2, 0.25) is 5.15 Å². The van der Waals surface area contributed by atoms with Crippen LogP contribution >= 0.6 is 27.5 Å². The second kappa shape index (κ2) is 6.94. The minimum absolute atomic E-state index is 0.520. The zero-order valence-electron chi connectivity index (χ0n) is 11.6. The number of pyridine rings is 1. The molecule has 2 nitrogen and oxygen atoms in total. The maximum absolute atomic E-state index is 5.92. The van der Waals surface area contributed by atoms with Gasteiger partial charge in [0.25, 0.3) is 0 Å². The molecule has 1 aliphatic carbocycles. The molecule has 2 atom stereocenters. The summed E-state index contributed by atoms with van der Waals surface area (Å²) in [6.07, 6.45) is 8.35. The van der Waals surface area contributed by atoms with E-state index in [9.17, 15) is 0 Å². The lowest BCUT2D eigenvalue weighted by molar-refractivity contribution is 0.341. The van der Waals surface area contributed by atoms with E-state index in [0.717, 1.165) is 22.0 Å². The summed E-state index contributed by atoms with van der Waals surface area (Å²) in [5.41, 5.74) is 1.06. The van der Waals surface area contributed by atoms with E-state index in [1.165, 1.54) is 32.1 Å². The van der Waals surface area contributed by atoms with Crippen molar-refractivity contribution in [3.05, 3.63) is 21.9 Å². The highest BCUT2D eigenvalue weighted by atomic mass is 79.9. The largest absolute Gasteiger partial charge is 0.381 e. The van der Waals surface area contributed by atoms with E-state index in [1.54, 1.807) is 0 Å². The number of anilines is 1. The van der Waals surface area contributed by atoms with Crippen LogP contribution in [0.4, 0.5) is 5.69 Å². The Kier molecular flexibility index (Phi) is 5.52. The molecule has 0 amide bonds. The van der Waals surface area contributed by atoms with Crippen molar-refractivity contribution in [1.82, 2.24) is 4.98 Å². The number of nitrogens with zero attached hydrogens (tertiary/aromatic N) is 1. The fourth-order valence-corrected chi connectivity index (χ4v) is 3.33. The lowest BCUT2D eigenvalue weighted by atomic mass is 9.89. The van der Waals surface area contributed by atoms with Crippen LogP contribution < -0.4 is 5.32 Å². The summed E-state index contributed by atoms with van der Waals surface area (Å²) < 4.78 is 0.854. The molecule has 0 radical (unpaired) electrons. The van der Waals surface area contributed by atoms with Gasteiger partial charge in [-0.15, -0.1) is 0 Å². The van der Waals surface area contributed by atoms with Gasteiger partial charge in [-0.05, 0) is 53.1 Å². The number of hydrogen-bond donors (Lipinski definition) is 1. The monoisotopic (exact) mass is 344 g/mol. The van der Waals surface area contributed by atoms with Gasteiger partial charge in [-0.3, -0.25) is 0 Å². The molecule has 0 aliphatic heterocycles. The van der Waals surface area contributed by atoms with E-state index in [1.807, 2.05) is 12.3 Å². The SMILES string of the molecule is CC(C)C1CCCC(Nc2cnc(Cl)c(Br)c2)CC1. The highest BCUT2D eigenvalue weighted by Gasteiger charge is 2.21. The van der Waals surface area contributed by atoms with Gasteiger partial charge in [-0.2, -0.15) is 0 Å². The third-order valence-corrected chi connectivity index (χ3v) is 5.26. The highest BCUT2D eigenvalue weighted by molar-refractivity contribution is 9.10. The molecule has 0 aromatic carbocycles. The van der Waals surface area contributed by atoms with Gasteiger partial charge in [0, 0.05) is 6.04 Å². The predicted molar refractivity (Wildman–Crippen MR) is 85.8 cm³/mol. The van der Waals surface area contributed by atoms with Gasteiger partial charge in [0.2, 0.25) is 0 Å². The molecule has 1 saturated carbocycles. The molecule has 1 N–H and O–H groups in total. The number of nitrogens with one attached hydrogen (secondary N) is 1. The maximum atomic E-state index is 5.92. The number of hydrogen-bond acceptors (Lipinski definition) is 2. The van der Waals surface area contributed by atoms with Gasteiger partial charge >= 0.3 is 0 Å². The lowest BCUT2D eigenvalue weighted by Crippen LogP contribution is -2.18. The second-order valence-electron chi connectivity index (χ2n) is 5.85. The molecule has 0 saturated heterocycles. The van der Waals surface area contributed by atoms with Gasteiger partial charge < -0.3 is 5.32 Å². The van der Waals surface area contributed by atoms with E-state index in [2.05, 4.69) is 40.1 Å². The molecule has 1 heterocycles. The summed E-state index contributed by atoms with van der Waals surface area (Å²) in [4.78, 5) is 4.17. The van der Waals surface area contributed by atoms with E-state index in [0.29, 0.717) is 11.2 Å². The molecule has 1 aromatic heterocycles. The second-order valence-corrected chi connectivity index (χ2v) is 7.06. The maximum Gasteiger partial charge on any atom is 0.143 e. The van der Waals surface area contributed by atoms with Gasteiger partial charge in [0.05, 0.1) is 16.4 Å². The Morgan fingerprint density at radius 3 is 2.79 bits per heavy atom. The van der Waals surface area contributed by atoms with Gasteiger partial charge in [0.15, 0.2) is 0 Å². The van der Waals surface area contributed by atoms with Crippen LogP contribution in [0.25, 0.3) is 0 Å². The molecule has 4 heteroatoms. The topological polar surface area (TPSA) is 24.9 Å². The summed E-state index contributed by atoms with van der Waals surface area (Å²) in [6.45, 7) is 4.69. The Hall–Kier alpha value is -0.280. The third kappa shape index (κ3) is 4.35. The summed E-state index contributed by atoms with van der Waals surface area (Å²) >= 11 is 9.34. The summed E-state index contributed by atoms with van der Waals surface area (Å²) in [6, 6.07) is 2.58. The third-order valence-electron chi connectivity index (χ3n) is 4.12. The van der Waals surface area contributed by atoms with E-state index in [4.69, 9.17) is 11.6 Å². The summed E-state index contributed by atoms with van der Waals surface area (Å²) in [5, 5.41) is 4.12. The molecule has 1 aliphatic rings. The van der Waals surface area contributed by atoms with Crippen LogP contribution in [-0.2, 0) is 0 Å². The predicted octanol–water partition coefficient (Wildman–Crippen LogP) is 5.51. The Morgan fingerprint density at radius 2 is 2.11 bits per heavy atom. The lowest BCUT2D eigenvalue weighted by Gasteiger charge is -2.19. The smallest absolute Gasteiger partial charge is 0.143 e. The van der Waals surface area contributed by atoms with E-state index < -0.39 is 0 Å². The van der Waals surface area contributed by atoms with Crippen LogP contribution in [0, 0.1) is 11.8 Å². The average molecular weight is 346 g/mol. The molecule has 2 unspecified atom stereocenters. The first-order chi connectivity index (χ1) is 9.06. The molecule has 1 aromatic rings. The van der Waals surface area contributed by atoms with Gasteiger partial charge in [-0.25, -0.2) is 4.98 Å². The molecular formula is C15H22BrClN2. The first-order valence-corrected chi connectivity index (χ1v) is 8.31. The molecular weight excluding hydrogens is 324 g/mol. The van der Waals surface area contributed by atoms with E-state index >= 15 is 0 Å². The number of halogens is 2. The van der Waals surface area contributed by atoms with Crippen molar-refractivity contribution >= 4 is 33.2 Å². The summed E-state index contributed by atoms with van der Waals surface area (Å²) in [7, 11) is 0. The number of aromatic nitrogens is 1. The van der Waals surface area contributed by atoms with Crippen molar-refractivity contribution in [2.45, 2.75) is 52.0 Å². The minimum Gasteiger partial charge on any atom is -0.381 e. The Bertz CT molecular complexity index is 423. The molecule has 0 spiro atoms. The van der Waals surface area contributed by atoms with Crippen LogP contribution in [0.15, 0.2) is 16.7 Å². The quantitative estimate of drug-likeness (QED) is 0.577. The van der Waals surface area contributed by atoms with Crippen LogP contribution in [0.5, 0.6) is 0 Å². The Morgan fingerprint density at radius 1 is 1.32 bits per heavy atom. The molecule has 0 bridgehead atoms. The highest BCUT2D eigenvalue weighted by Crippen LogP contribution is 2.31. The Balaban J connectivity index is 1.94. The Labute approximate surface area is 129 Å². The van der Waals surface area contributed by atoms with Crippen LogP contribution in [-0.4, -0.2) is 11.0 Å². The normalized spacial score (nSPS) is 24.3. The average Bonchev–Trinajstić information content (AvgIpc) is 2.59. The van der Waals surface area contributed by atoms with E-state index in [-0.39, 0.29) is 0 Å². The molecule has 106 valence electrons. The van der Waals surface area contributed by atoms with Crippen molar-refractivity contribution in [2.24, 2.45) is 11.8 Å². The fraction of sp³-hybridized carbons (Fsp3) is 0.667. The van der Waals surface area contributed by atoms with Crippen LogP contribution in [0.3, 0.4) is 0 Å². The van der Waals surface area contributed by atoms with Crippen molar-refractivity contribution in [3.63, 3.8) is 0 Å². The van der Waals surface area contributed by atoms with Gasteiger partial charge in [0.1, 0.15) is 5.15 Å². The first kappa shape index (κ1) is 15.1. The molecule has 19 heavy (non-hydrogen) atoms. The van der Waals surface area contributed by atoms with Crippen molar-refractivity contribution in [3.8, 4) is 0 Å². The fourth-order valence-electron chi connectivity index (χ4n) is 2.88.